The van der Waals surface area contributed by atoms with Crippen LogP contribution in [0.2, 0.25) is 0 Å². The maximum Gasteiger partial charge on any atom is 0.407 e. The first kappa shape index (κ1) is 17.4. The van der Waals surface area contributed by atoms with E-state index >= 15 is 0 Å². The fraction of sp³-hybridized carbons (Fsp3) is 0.588. The molecular weight excluding hydrogens is 294 g/mol. The first-order valence-corrected chi connectivity index (χ1v) is 7.98. The van der Waals surface area contributed by atoms with Crippen LogP contribution in [0.25, 0.3) is 0 Å². The van der Waals surface area contributed by atoms with Gasteiger partial charge in [0.1, 0.15) is 11.3 Å². The maximum atomic E-state index is 11.9. The maximum absolute atomic E-state index is 11.9. The molecule has 1 atom stereocenters. The van der Waals surface area contributed by atoms with Gasteiger partial charge in [-0.05, 0) is 57.9 Å². The van der Waals surface area contributed by atoms with Crippen molar-refractivity contribution in [2.75, 3.05) is 13.1 Å². The van der Waals surface area contributed by atoms with Gasteiger partial charge in [0, 0.05) is 25.3 Å². The Morgan fingerprint density at radius 3 is 3.00 bits per heavy atom. The van der Waals surface area contributed by atoms with Crippen LogP contribution in [-0.4, -0.2) is 47.0 Å². The number of aldehydes is 1. The number of hydrogen-bond acceptors (Lipinski definition) is 5. The summed E-state index contributed by atoms with van der Waals surface area (Å²) < 4.78 is 5.31. The molecule has 1 N–H and O–H groups in total. The van der Waals surface area contributed by atoms with Crippen LogP contribution in [0.5, 0.6) is 0 Å². The molecule has 2 rings (SSSR count). The van der Waals surface area contributed by atoms with Gasteiger partial charge in [-0.3, -0.25) is 14.7 Å². The number of pyridine rings is 1. The number of amides is 1. The zero-order valence-electron chi connectivity index (χ0n) is 14.0. The fourth-order valence-electron chi connectivity index (χ4n) is 2.71. The van der Waals surface area contributed by atoms with Crippen LogP contribution in [0.3, 0.4) is 0 Å². The first-order valence-electron chi connectivity index (χ1n) is 7.98. The molecule has 1 aromatic heterocycles. The van der Waals surface area contributed by atoms with Crippen molar-refractivity contribution >= 4 is 12.4 Å². The highest BCUT2D eigenvalue weighted by molar-refractivity contribution is 5.71. The molecule has 2 heterocycles. The monoisotopic (exact) mass is 319 g/mol. The summed E-state index contributed by atoms with van der Waals surface area (Å²) in [5.41, 5.74) is 1.02. The van der Waals surface area contributed by atoms with Crippen LogP contribution in [-0.2, 0) is 11.3 Å². The van der Waals surface area contributed by atoms with Gasteiger partial charge >= 0.3 is 6.09 Å². The van der Waals surface area contributed by atoms with E-state index in [0.29, 0.717) is 5.69 Å². The molecule has 0 aromatic carbocycles. The molecule has 6 heteroatoms. The van der Waals surface area contributed by atoms with E-state index in [4.69, 9.17) is 4.74 Å². The Kier molecular flexibility index (Phi) is 5.71. The minimum atomic E-state index is -0.485. The van der Waals surface area contributed by atoms with E-state index in [1.807, 2.05) is 26.8 Å². The molecule has 0 unspecified atom stereocenters. The SMILES string of the molecule is CC(C)(C)OC(=O)N[C@@H]1CCCN(Cc2ccnc(C=O)c2)C1. The fourth-order valence-corrected chi connectivity index (χ4v) is 2.71. The summed E-state index contributed by atoms with van der Waals surface area (Å²) in [7, 11) is 0. The Morgan fingerprint density at radius 2 is 2.30 bits per heavy atom. The van der Waals surface area contributed by atoms with Crippen LogP contribution in [0, 0.1) is 0 Å². The second-order valence-electron chi connectivity index (χ2n) is 6.93. The number of alkyl carbamates (subject to hydrolysis) is 1. The molecule has 1 aromatic rings. The highest BCUT2D eigenvalue weighted by atomic mass is 16.6. The molecule has 1 aliphatic rings. The normalized spacial score (nSPS) is 19.2. The first-order chi connectivity index (χ1) is 10.9. The number of aromatic nitrogens is 1. The van der Waals surface area contributed by atoms with Crippen molar-refractivity contribution in [3.8, 4) is 0 Å². The molecule has 23 heavy (non-hydrogen) atoms. The summed E-state index contributed by atoms with van der Waals surface area (Å²) in [4.78, 5) is 28.9. The minimum Gasteiger partial charge on any atom is -0.444 e. The number of hydrogen-bond donors (Lipinski definition) is 1. The second kappa shape index (κ2) is 7.55. The Labute approximate surface area is 137 Å². The molecule has 6 nitrogen and oxygen atoms in total. The third-order valence-corrected chi connectivity index (χ3v) is 3.60. The van der Waals surface area contributed by atoms with Crippen molar-refractivity contribution in [2.24, 2.45) is 0 Å². The Hall–Kier alpha value is -1.95. The number of carbonyl (C=O) groups excluding carboxylic acids is 2. The molecule has 0 saturated carbocycles. The van der Waals surface area contributed by atoms with Crippen molar-refractivity contribution < 1.29 is 14.3 Å². The summed E-state index contributed by atoms with van der Waals surface area (Å²) >= 11 is 0. The van der Waals surface area contributed by atoms with E-state index in [0.717, 1.165) is 44.3 Å². The van der Waals surface area contributed by atoms with Crippen LogP contribution in [0.4, 0.5) is 4.79 Å². The summed E-state index contributed by atoms with van der Waals surface area (Å²) in [6, 6.07) is 3.81. The standard InChI is InChI=1S/C17H25N3O3/c1-17(2,3)23-16(22)19-14-5-4-8-20(11-14)10-13-6-7-18-15(9-13)12-21/h6-7,9,12,14H,4-5,8,10-11H2,1-3H3,(H,19,22)/t14-/m1/s1. The number of likely N-dealkylation sites (tertiary alicyclic amines) is 1. The van der Waals surface area contributed by atoms with Crippen LogP contribution in [0.15, 0.2) is 18.3 Å². The summed E-state index contributed by atoms with van der Waals surface area (Å²) in [5.74, 6) is 0. The van der Waals surface area contributed by atoms with Gasteiger partial charge in [0.2, 0.25) is 0 Å². The van der Waals surface area contributed by atoms with Gasteiger partial charge < -0.3 is 10.1 Å². The van der Waals surface area contributed by atoms with Gasteiger partial charge in [0.15, 0.2) is 6.29 Å². The van der Waals surface area contributed by atoms with Gasteiger partial charge in [0.05, 0.1) is 0 Å². The molecule has 1 fully saturated rings. The van der Waals surface area contributed by atoms with E-state index < -0.39 is 5.60 Å². The van der Waals surface area contributed by atoms with Gasteiger partial charge in [0.25, 0.3) is 0 Å². The van der Waals surface area contributed by atoms with E-state index in [1.54, 1.807) is 12.3 Å². The van der Waals surface area contributed by atoms with Crippen molar-refractivity contribution in [3.05, 3.63) is 29.6 Å². The second-order valence-corrected chi connectivity index (χ2v) is 6.93. The third-order valence-electron chi connectivity index (χ3n) is 3.60. The van der Waals surface area contributed by atoms with Crippen LogP contribution >= 0.6 is 0 Å². The largest absolute Gasteiger partial charge is 0.444 e. The van der Waals surface area contributed by atoms with Gasteiger partial charge in [-0.2, -0.15) is 0 Å². The Bertz CT molecular complexity index is 554. The molecular formula is C17H25N3O3. The lowest BCUT2D eigenvalue weighted by Crippen LogP contribution is -2.48. The highest BCUT2D eigenvalue weighted by Gasteiger charge is 2.24. The average Bonchev–Trinajstić information content (AvgIpc) is 2.45. The third kappa shape index (κ3) is 5.98. The average molecular weight is 319 g/mol. The highest BCUT2D eigenvalue weighted by Crippen LogP contribution is 2.15. The Balaban J connectivity index is 1.87. The van der Waals surface area contributed by atoms with E-state index in [9.17, 15) is 9.59 Å². The molecule has 1 saturated heterocycles. The molecule has 126 valence electrons. The number of piperidine rings is 1. The van der Waals surface area contributed by atoms with Crippen molar-refractivity contribution in [2.45, 2.75) is 51.8 Å². The summed E-state index contributed by atoms with van der Waals surface area (Å²) in [6.45, 7) is 8.06. The molecule has 0 aliphatic carbocycles. The van der Waals surface area contributed by atoms with Crippen LogP contribution < -0.4 is 5.32 Å². The summed E-state index contributed by atoms with van der Waals surface area (Å²) in [6.07, 6.45) is 4.01. The topological polar surface area (TPSA) is 71.5 Å². The predicted octanol–water partition coefficient (Wildman–Crippen LogP) is 2.38. The molecule has 1 aliphatic heterocycles. The lowest BCUT2D eigenvalue weighted by Gasteiger charge is -2.33. The number of nitrogens with zero attached hydrogens (tertiary/aromatic N) is 2. The smallest absolute Gasteiger partial charge is 0.407 e. The molecule has 0 spiro atoms. The van der Waals surface area contributed by atoms with E-state index in [-0.39, 0.29) is 12.1 Å². The lowest BCUT2D eigenvalue weighted by molar-refractivity contribution is 0.0470. The summed E-state index contributed by atoms with van der Waals surface area (Å²) in [5, 5.41) is 2.94. The predicted molar refractivity (Wildman–Crippen MR) is 87.3 cm³/mol. The lowest BCUT2D eigenvalue weighted by atomic mass is 10.0. The van der Waals surface area contributed by atoms with Crippen molar-refractivity contribution in [1.29, 1.82) is 0 Å². The van der Waals surface area contributed by atoms with Crippen molar-refractivity contribution in [3.63, 3.8) is 0 Å². The van der Waals surface area contributed by atoms with Gasteiger partial charge in [-0.15, -0.1) is 0 Å². The number of rotatable bonds is 4. The van der Waals surface area contributed by atoms with E-state index in [1.165, 1.54) is 0 Å². The van der Waals surface area contributed by atoms with Crippen molar-refractivity contribution in [1.82, 2.24) is 15.2 Å². The van der Waals surface area contributed by atoms with Gasteiger partial charge in [-0.25, -0.2) is 4.79 Å². The van der Waals surface area contributed by atoms with E-state index in [2.05, 4.69) is 15.2 Å². The number of nitrogens with one attached hydrogen (secondary N) is 1. The molecule has 1 amide bonds. The minimum absolute atomic E-state index is 0.0889. The van der Waals surface area contributed by atoms with Gasteiger partial charge in [-0.1, -0.05) is 0 Å². The number of carbonyl (C=O) groups is 2. The molecule has 0 radical (unpaired) electrons. The quantitative estimate of drug-likeness (QED) is 0.863. The molecule has 0 bridgehead atoms. The Morgan fingerprint density at radius 1 is 1.52 bits per heavy atom. The number of ether oxygens (including phenoxy) is 1. The van der Waals surface area contributed by atoms with Crippen LogP contribution in [0.1, 0.15) is 49.7 Å². The zero-order valence-corrected chi connectivity index (χ0v) is 14.0. The zero-order chi connectivity index (χ0) is 16.9.